The van der Waals surface area contributed by atoms with Crippen LogP contribution in [0.15, 0.2) is 39.3 Å². The lowest BCUT2D eigenvalue weighted by Crippen LogP contribution is -2.35. The second-order valence-electron chi connectivity index (χ2n) is 6.14. The number of hydrogen-bond donors (Lipinski definition) is 1. The van der Waals surface area contributed by atoms with Crippen molar-refractivity contribution in [3.8, 4) is 0 Å². The van der Waals surface area contributed by atoms with Gasteiger partial charge in [-0.3, -0.25) is 4.79 Å². The lowest BCUT2D eigenvalue weighted by molar-refractivity contribution is 0.393. The van der Waals surface area contributed by atoms with Gasteiger partial charge >= 0.3 is 0 Å². The summed E-state index contributed by atoms with van der Waals surface area (Å²) in [6.45, 7) is 2.50. The standard InChI is InChI=1S/C17H15ClN2O3S2/c1-10-6-12-7-11-4-5-20(9-13(11)8-14(12)19-17(10)21)25(22,23)16-3-2-15(18)24-16/h2-3,6-8H,4-5,9H2,1H3,(H,19,21). The Morgan fingerprint density at radius 3 is 2.72 bits per heavy atom. The van der Waals surface area contributed by atoms with E-state index in [9.17, 15) is 13.2 Å². The van der Waals surface area contributed by atoms with Crippen molar-refractivity contribution in [2.75, 3.05) is 6.54 Å². The van der Waals surface area contributed by atoms with Gasteiger partial charge in [-0.1, -0.05) is 11.6 Å². The van der Waals surface area contributed by atoms with Gasteiger partial charge in [0.25, 0.3) is 15.6 Å². The molecule has 1 aromatic carbocycles. The van der Waals surface area contributed by atoms with E-state index in [1.165, 1.54) is 4.31 Å². The van der Waals surface area contributed by atoms with E-state index in [1.807, 2.05) is 18.2 Å². The van der Waals surface area contributed by atoms with Crippen molar-refractivity contribution in [3.63, 3.8) is 0 Å². The number of pyridine rings is 1. The third-order valence-electron chi connectivity index (χ3n) is 4.47. The molecular formula is C17H15ClN2O3S2. The van der Waals surface area contributed by atoms with Crippen LogP contribution in [-0.4, -0.2) is 24.3 Å². The quantitative estimate of drug-likeness (QED) is 0.725. The van der Waals surface area contributed by atoms with Crippen LogP contribution in [0.25, 0.3) is 10.9 Å². The van der Waals surface area contributed by atoms with Gasteiger partial charge in [0.1, 0.15) is 4.21 Å². The fourth-order valence-electron chi connectivity index (χ4n) is 3.12. The minimum Gasteiger partial charge on any atom is -0.322 e. The van der Waals surface area contributed by atoms with Crippen LogP contribution in [0.1, 0.15) is 16.7 Å². The maximum absolute atomic E-state index is 12.8. The van der Waals surface area contributed by atoms with Crippen LogP contribution in [0.4, 0.5) is 0 Å². The number of halogens is 1. The van der Waals surface area contributed by atoms with Gasteiger partial charge in [-0.05, 0) is 60.2 Å². The molecule has 25 heavy (non-hydrogen) atoms. The number of fused-ring (bicyclic) bond motifs is 2. The Kier molecular flexibility index (Phi) is 3.99. The van der Waals surface area contributed by atoms with E-state index in [1.54, 1.807) is 19.1 Å². The third-order valence-corrected chi connectivity index (χ3v) is 8.01. The highest BCUT2D eigenvalue weighted by atomic mass is 35.5. The molecule has 3 aromatic rings. The van der Waals surface area contributed by atoms with Crippen molar-refractivity contribution in [1.29, 1.82) is 0 Å². The van der Waals surface area contributed by atoms with E-state index < -0.39 is 10.0 Å². The summed E-state index contributed by atoms with van der Waals surface area (Å²) in [6.07, 6.45) is 0.641. The average Bonchev–Trinajstić information content (AvgIpc) is 3.01. The number of H-pyrrole nitrogens is 1. The zero-order valence-electron chi connectivity index (χ0n) is 13.4. The Balaban J connectivity index is 1.74. The molecule has 0 radical (unpaired) electrons. The lowest BCUT2D eigenvalue weighted by atomic mass is 9.98. The molecule has 0 fully saturated rings. The molecule has 4 rings (SSSR count). The molecule has 5 nitrogen and oxygen atoms in total. The second-order valence-corrected chi connectivity index (χ2v) is 10.0. The number of hydrogen-bond acceptors (Lipinski definition) is 4. The highest BCUT2D eigenvalue weighted by Crippen LogP contribution is 2.32. The molecule has 0 saturated carbocycles. The Morgan fingerprint density at radius 1 is 1.20 bits per heavy atom. The summed E-state index contributed by atoms with van der Waals surface area (Å²) < 4.78 is 27.8. The predicted molar refractivity (Wildman–Crippen MR) is 99.9 cm³/mol. The van der Waals surface area contributed by atoms with Crippen molar-refractivity contribution in [1.82, 2.24) is 9.29 Å². The SMILES string of the molecule is Cc1cc2cc3c(cc2[nH]c1=O)CN(S(=O)(=O)c1ccc(Cl)s1)CC3. The summed E-state index contributed by atoms with van der Waals surface area (Å²) in [5, 5.41) is 0.970. The molecule has 8 heteroatoms. The largest absolute Gasteiger partial charge is 0.322 e. The molecule has 2 aromatic heterocycles. The highest BCUT2D eigenvalue weighted by molar-refractivity contribution is 7.91. The molecule has 1 aliphatic heterocycles. The summed E-state index contributed by atoms with van der Waals surface area (Å²) in [5.74, 6) is 0. The number of benzene rings is 1. The maximum Gasteiger partial charge on any atom is 0.252 e. The first-order valence-corrected chi connectivity index (χ1v) is 10.4. The van der Waals surface area contributed by atoms with Gasteiger partial charge in [-0.25, -0.2) is 8.42 Å². The number of aromatic amines is 1. The average molecular weight is 395 g/mol. The number of nitrogens with one attached hydrogen (secondary N) is 1. The van der Waals surface area contributed by atoms with Gasteiger partial charge in [-0.15, -0.1) is 11.3 Å². The van der Waals surface area contributed by atoms with Gasteiger partial charge in [0.2, 0.25) is 0 Å². The molecule has 0 unspecified atom stereocenters. The molecule has 0 atom stereocenters. The minimum atomic E-state index is -3.56. The minimum absolute atomic E-state index is 0.124. The monoisotopic (exact) mass is 394 g/mol. The normalized spacial score (nSPS) is 15.4. The molecule has 3 heterocycles. The first-order chi connectivity index (χ1) is 11.8. The zero-order chi connectivity index (χ0) is 17.8. The van der Waals surface area contributed by atoms with Crippen molar-refractivity contribution in [2.24, 2.45) is 0 Å². The second kappa shape index (κ2) is 5.95. The van der Waals surface area contributed by atoms with Crippen molar-refractivity contribution < 1.29 is 8.42 Å². The molecule has 1 N–H and O–H groups in total. The van der Waals surface area contributed by atoms with Gasteiger partial charge in [0.15, 0.2) is 0 Å². The summed E-state index contributed by atoms with van der Waals surface area (Å²) >= 11 is 6.95. The van der Waals surface area contributed by atoms with E-state index in [2.05, 4.69) is 4.98 Å². The number of rotatable bonds is 2. The Hall–Kier alpha value is -1.67. The molecular weight excluding hydrogens is 380 g/mol. The van der Waals surface area contributed by atoms with Crippen molar-refractivity contribution in [2.45, 2.75) is 24.1 Å². The van der Waals surface area contributed by atoms with E-state index in [4.69, 9.17) is 11.6 Å². The fourth-order valence-corrected chi connectivity index (χ4v) is 6.17. The Labute approximate surface area is 153 Å². The number of sulfonamides is 1. The van der Waals surface area contributed by atoms with Crippen LogP contribution in [0.2, 0.25) is 4.34 Å². The Morgan fingerprint density at radius 2 is 2.00 bits per heavy atom. The third kappa shape index (κ3) is 2.91. The molecule has 130 valence electrons. The maximum atomic E-state index is 12.8. The van der Waals surface area contributed by atoms with Gasteiger partial charge in [-0.2, -0.15) is 4.31 Å². The lowest BCUT2D eigenvalue weighted by Gasteiger charge is -2.28. The first kappa shape index (κ1) is 16.8. The van der Waals surface area contributed by atoms with Gasteiger partial charge < -0.3 is 4.98 Å². The van der Waals surface area contributed by atoms with Crippen LogP contribution in [0, 0.1) is 6.92 Å². The summed E-state index contributed by atoms with van der Waals surface area (Å²) in [5.41, 5.74) is 3.31. The van der Waals surface area contributed by atoms with Gasteiger partial charge in [0, 0.05) is 24.2 Å². The van der Waals surface area contributed by atoms with E-state index >= 15 is 0 Å². The van der Waals surface area contributed by atoms with Crippen molar-refractivity contribution >= 4 is 43.9 Å². The van der Waals surface area contributed by atoms with Crippen LogP contribution < -0.4 is 5.56 Å². The first-order valence-electron chi connectivity index (χ1n) is 7.75. The molecule has 0 aliphatic carbocycles. The number of aryl methyl sites for hydroxylation is 1. The summed E-state index contributed by atoms with van der Waals surface area (Å²) in [6, 6.07) is 8.93. The smallest absolute Gasteiger partial charge is 0.252 e. The highest BCUT2D eigenvalue weighted by Gasteiger charge is 2.29. The fraction of sp³-hybridized carbons (Fsp3) is 0.235. The van der Waals surface area contributed by atoms with Crippen LogP contribution in [-0.2, 0) is 23.0 Å². The van der Waals surface area contributed by atoms with E-state index in [0.717, 1.165) is 33.4 Å². The molecule has 0 amide bonds. The number of thiophene rings is 1. The molecule has 0 bridgehead atoms. The number of nitrogens with zero attached hydrogens (tertiary/aromatic N) is 1. The predicted octanol–water partition coefficient (Wildman–Crippen LogP) is 3.30. The topological polar surface area (TPSA) is 70.2 Å². The summed E-state index contributed by atoms with van der Waals surface area (Å²) in [7, 11) is -3.56. The van der Waals surface area contributed by atoms with Crippen LogP contribution in [0.3, 0.4) is 0 Å². The van der Waals surface area contributed by atoms with E-state index in [0.29, 0.717) is 29.4 Å². The Bertz CT molecular complexity index is 1150. The number of aromatic nitrogens is 1. The van der Waals surface area contributed by atoms with Crippen LogP contribution >= 0.6 is 22.9 Å². The van der Waals surface area contributed by atoms with E-state index in [-0.39, 0.29) is 9.77 Å². The zero-order valence-corrected chi connectivity index (χ0v) is 15.8. The van der Waals surface area contributed by atoms with Gasteiger partial charge in [0.05, 0.1) is 4.34 Å². The molecule has 1 aliphatic rings. The van der Waals surface area contributed by atoms with Crippen LogP contribution in [0.5, 0.6) is 0 Å². The summed E-state index contributed by atoms with van der Waals surface area (Å²) in [4.78, 5) is 14.7. The molecule has 0 saturated heterocycles. The van der Waals surface area contributed by atoms with Crippen molar-refractivity contribution in [3.05, 3.63) is 61.7 Å². The molecule has 0 spiro atoms.